The van der Waals surface area contributed by atoms with Gasteiger partial charge in [-0.2, -0.15) is 4.98 Å². The lowest BCUT2D eigenvalue weighted by Gasteiger charge is -2.16. The van der Waals surface area contributed by atoms with Gasteiger partial charge in [-0.3, -0.25) is 9.78 Å². The minimum absolute atomic E-state index is 0.119. The van der Waals surface area contributed by atoms with Crippen LogP contribution in [-0.2, 0) is 0 Å². The number of aliphatic hydroxyl groups is 3. The third kappa shape index (κ3) is 1.94. The molecule has 100 valence electrons. The van der Waals surface area contributed by atoms with Crippen molar-refractivity contribution >= 4 is 5.95 Å². The lowest BCUT2D eigenvalue weighted by molar-refractivity contribution is 0.00203. The van der Waals surface area contributed by atoms with Crippen LogP contribution in [0.1, 0.15) is 17.9 Å². The van der Waals surface area contributed by atoms with E-state index in [1.165, 1.54) is 0 Å². The van der Waals surface area contributed by atoms with Gasteiger partial charge < -0.3 is 26.2 Å². The molecule has 18 heavy (non-hydrogen) atoms. The van der Waals surface area contributed by atoms with Gasteiger partial charge in [-0.1, -0.05) is 0 Å². The lowest BCUT2D eigenvalue weighted by atomic mass is 9.97. The number of aliphatic hydroxyl groups excluding tert-OH is 3. The van der Waals surface area contributed by atoms with Crippen LogP contribution in [0.2, 0.25) is 0 Å². The van der Waals surface area contributed by atoms with Crippen molar-refractivity contribution in [3.63, 3.8) is 0 Å². The Morgan fingerprint density at radius 3 is 2.56 bits per heavy atom. The first-order valence-electron chi connectivity index (χ1n) is 5.51. The van der Waals surface area contributed by atoms with Gasteiger partial charge in [0.05, 0.1) is 17.8 Å². The first-order chi connectivity index (χ1) is 8.45. The average molecular weight is 257 g/mol. The molecule has 1 saturated carbocycles. The minimum atomic E-state index is -1.24. The molecule has 0 radical (unpaired) electrons. The maximum Gasteiger partial charge on any atom is 0.259 e. The van der Waals surface area contributed by atoms with E-state index in [2.05, 4.69) is 9.97 Å². The number of anilines is 1. The summed E-state index contributed by atoms with van der Waals surface area (Å²) in [4.78, 5) is 17.4. The van der Waals surface area contributed by atoms with Crippen LogP contribution in [0.5, 0.6) is 5.88 Å². The molecule has 0 unspecified atom stereocenters. The Bertz CT molecular complexity index is 503. The fourth-order valence-electron chi connectivity index (χ4n) is 2.41. The van der Waals surface area contributed by atoms with E-state index in [-0.39, 0.29) is 24.5 Å². The van der Waals surface area contributed by atoms with Crippen molar-refractivity contribution in [2.75, 3.05) is 12.3 Å². The summed E-state index contributed by atoms with van der Waals surface area (Å²) in [6.45, 7) is -0.310. The molecule has 0 amide bonds. The highest BCUT2D eigenvalue weighted by Gasteiger charge is 2.44. The summed E-state index contributed by atoms with van der Waals surface area (Å²) >= 11 is 0. The normalized spacial score (nSPS) is 31.7. The molecule has 1 fully saturated rings. The Kier molecular flexibility index (Phi) is 3.24. The monoisotopic (exact) mass is 257 g/mol. The fourth-order valence-corrected chi connectivity index (χ4v) is 2.41. The van der Waals surface area contributed by atoms with Crippen molar-refractivity contribution < 1.29 is 20.4 Å². The largest absolute Gasteiger partial charge is 0.493 e. The van der Waals surface area contributed by atoms with E-state index < -0.39 is 35.5 Å². The number of nitrogen functional groups attached to an aromatic ring is 1. The zero-order chi connectivity index (χ0) is 13.4. The van der Waals surface area contributed by atoms with Gasteiger partial charge in [0.2, 0.25) is 11.8 Å². The maximum absolute atomic E-state index is 11.7. The average Bonchev–Trinajstić information content (AvgIpc) is 2.56. The summed E-state index contributed by atoms with van der Waals surface area (Å²) in [5.74, 6) is -2.12. The molecule has 8 nitrogen and oxygen atoms in total. The number of nitrogens with zero attached hydrogens (tertiary/aromatic N) is 1. The highest BCUT2D eigenvalue weighted by Crippen LogP contribution is 2.39. The van der Waals surface area contributed by atoms with Crippen molar-refractivity contribution in [3.8, 4) is 5.88 Å². The van der Waals surface area contributed by atoms with Crippen molar-refractivity contribution in [2.45, 2.75) is 24.5 Å². The summed E-state index contributed by atoms with van der Waals surface area (Å²) in [5, 5.41) is 38.2. The smallest absolute Gasteiger partial charge is 0.259 e. The molecule has 8 heteroatoms. The predicted molar refractivity (Wildman–Crippen MR) is 60.9 cm³/mol. The molecule has 1 heterocycles. The number of aromatic amines is 1. The van der Waals surface area contributed by atoms with Gasteiger partial charge in [0, 0.05) is 18.4 Å². The van der Waals surface area contributed by atoms with Crippen LogP contribution in [0, 0.1) is 5.92 Å². The number of hydrogen-bond donors (Lipinski definition) is 6. The molecule has 0 saturated heterocycles. The molecule has 0 aromatic carbocycles. The molecule has 1 aromatic heterocycles. The Morgan fingerprint density at radius 2 is 2.06 bits per heavy atom. The van der Waals surface area contributed by atoms with E-state index in [0.717, 1.165) is 0 Å². The van der Waals surface area contributed by atoms with Gasteiger partial charge in [0.15, 0.2) is 0 Å². The molecule has 2 rings (SSSR count). The Hall–Kier alpha value is -1.64. The van der Waals surface area contributed by atoms with E-state index >= 15 is 0 Å². The summed E-state index contributed by atoms with van der Waals surface area (Å²) in [7, 11) is 0. The Balaban J connectivity index is 2.42. The van der Waals surface area contributed by atoms with Crippen molar-refractivity contribution in [2.24, 2.45) is 5.92 Å². The zero-order valence-electron chi connectivity index (χ0n) is 9.45. The first kappa shape index (κ1) is 12.8. The molecule has 4 atom stereocenters. The van der Waals surface area contributed by atoms with Gasteiger partial charge in [0.25, 0.3) is 5.56 Å². The minimum Gasteiger partial charge on any atom is -0.493 e. The van der Waals surface area contributed by atoms with Crippen LogP contribution < -0.4 is 11.3 Å². The van der Waals surface area contributed by atoms with E-state index in [4.69, 9.17) is 10.8 Å². The number of nitrogens with two attached hydrogens (primary N) is 1. The van der Waals surface area contributed by atoms with Crippen LogP contribution in [0.25, 0.3) is 0 Å². The molecule has 1 aromatic rings. The van der Waals surface area contributed by atoms with E-state index in [1.807, 2.05) is 0 Å². The first-order valence-corrected chi connectivity index (χ1v) is 5.51. The summed E-state index contributed by atoms with van der Waals surface area (Å²) < 4.78 is 0. The number of aromatic hydroxyl groups is 1. The van der Waals surface area contributed by atoms with Gasteiger partial charge in [0.1, 0.15) is 0 Å². The third-order valence-electron chi connectivity index (χ3n) is 3.36. The third-order valence-corrected chi connectivity index (χ3v) is 3.36. The van der Waals surface area contributed by atoms with E-state index in [9.17, 15) is 20.1 Å². The molecular weight excluding hydrogens is 242 g/mol. The summed E-state index contributed by atoms with van der Waals surface area (Å²) in [5.41, 5.74) is 4.49. The summed E-state index contributed by atoms with van der Waals surface area (Å²) in [6, 6.07) is 0. The van der Waals surface area contributed by atoms with Crippen LogP contribution >= 0.6 is 0 Å². The highest BCUT2D eigenvalue weighted by molar-refractivity contribution is 5.33. The van der Waals surface area contributed by atoms with Crippen LogP contribution in [0.4, 0.5) is 5.95 Å². The van der Waals surface area contributed by atoms with E-state index in [1.54, 1.807) is 0 Å². The number of hydrogen-bond acceptors (Lipinski definition) is 7. The molecule has 1 aliphatic rings. The standard InChI is InChI=1S/C10H15N3O5/c11-10-12-8(17)5(9(18)13-10)4-1-3(2-14)6(15)7(4)16/h3-4,6-7,14-16H,1-2H2,(H4,11,12,13,17,18)/t3-,4+,6-,7+/m1/s1. The van der Waals surface area contributed by atoms with Gasteiger partial charge in [-0.25, -0.2) is 0 Å². The van der Waals surface area contributed by atoms with Gasteiger partial charge in [-0.15, -0.1) is 0 Å². The highest BCUT2D eigenvalue weighted by atomic mass is 16.3. The molecule has 7 N–H and O–H groups in total. The number of aromatic nitrogens is 2. The van der Waals surface area contributed by atoms with E-state index in [0.29, 0.717) is 0 Å². The summed E-state index contributed by atoms with van der Waals surface area (Å²) in [6.07, 6.45) is -2.20. The quantitative estimate of drug-likeness (QED) is 0.354. The molecule has 0 spiro atoms. The molecule has 0 aliphatic heterocycles. The van der Waals surface area contributed by atoms with Crippen LogP contribution in [-0.4, -0.2) is 49.2 Å². The lowest BCUT2D eigenvalue weighted by Crippen LogP contribution is -2.30. The molecular formula is C10H15N3O5. The second-order valence-corrected chi connectivity index (χ2v) is 4.45. The fraction of sp³-hybridized carbons (Fsp3) is 0.600. The zero-order valence-corrected chi connectivity index (χ0v) is 9.45. The number of H-pyrrole nitrogens is 1. The predicted octanol–water partition coefficient (Wildman–Crippen LogP) is -2.12. The Labute approximate surface area is 102 Å². The van der Waals surface area contributed by atoms with Crippen molar-refractivity contribution in [1.29, 1.82) is 0 Å². The molecule has 1 aliphatic carbocycles. The molecule has 0 bridgehead atoms. The van der Waals surface area contributed by atoms with Crippen molar-refractivity contribution in [1.82, 2.24) is 9.97 Å². The second kappa shape index (κ2) is 4.56. The SMILES string of the molecule is Nc1nc(O)c([C@@H]2C[C@H](CO)[C@@H](O)[C@H]2O)c(=O)[nH]1. The Morgan fingerprint density at radius 1 is 1.39 bits per heavy atom. The van der Waals surface area contributed by atoms with Crippen LogP contribution in [0.3, 0.4) is 0 Å². The van der Waals surface area contributed by atoms with Gasteiger partial charge in [-0.05, 0) is 6.42 Å². The van der Waals surface area contributed by atoms with Crippen LogP contribution in [0.15, 0.2) is 4.79 Å². The number of nitrogens with one attached hydrogen (secondary N) is 1. The second-order valence-electron chi connectivity index (χ2n) is 4.45. The van der Waals surface area contributed by atoms with Gasteiger partial charge >= 0.3 is 0 Å². The maximum atomic E-state index is 11.7. The van der Waals surface area contributed by atoms with Crippen molar-refractivity contribution in [3.05, 3.63) is 15.9 Å². The topological polar surface area (TPSA) is 153 Å². The number of rotatable bonds is 2.